The summed E-state index contributed by atoms with van der Waals surface area (Å²) in [5.74, 6) is -0.0185. The van der Waals surface area contributed by atoms with Gasteiger partial charge in [0.2, 0.25) is 0 Å². The van der Waals surface area contributed by atoms with Crippen LogP contribution in [0.3, 0.4) is 0 Å². The Bertz CT molecular complexity index is 1890. The number of halogens is 6. The van der Waals surface area contributed by atoms with E-state index >= 15 is 0 Å². The number of carboxylic acids is 1. The molecule has 1 N–H and O–H groups in total. The lowest BCUT2D eigenvalue weighted by molar-refractivity contribution is -0.139. The molecule has 0 saturated heterocycles. The fraction of sp³-hybridized carbons (Fsp3) is 0.175. The molecule has 3 nitrogen and oxygen atoms in total. The van der Waals surface area contributed by atoms with Crippen molar-refractivity contribution in [2.24, 2.45) is 0 Å². The number of ether oxygens (including phenoxy) is 1. The zero-order valence-corrected chi connectivity index (χ0v) is 27.8. The third-order valence-corrected chi connectivity index (χ3v) is 9.16. The van der Waals surface area contributed by atoms with Crippen LogP contribution < -0.4 is 4.74 Å². The van der Waals surface area contributed by atoms with Crippen molar-refractivity contribution < 1.29 is 41.0 Å². The van der Waals surface area contributed by atoms with Crippen molar-refractivity contribution in [3.8, 4) is 28.0 Å². The van der Waals surface area contributed by atoms with Crippen LogP contribution in [0.5, 0.6) is 5.75 Å². The van der Waals surface area contributed by atoms with Crippen molar-refractivity contribution in [3.63, 3.8) is 0 Å². The monoisotopic (exact) mass is 706 g/mol. The van der Waals surface area contributed by atoms with E-state index < -0.39 is 36.1 Å². The van der Waals surface area contributed by atoms with Crippen LogP contribution in [0.4, 0.5) is 26.3 Å². The number of carbonyl (C=O) groups is 1. The second kappa shape index (κ2) is 15.3. The molecule has 258 valence electrons. The SMILES string of the molecule is CCC(CSc1ccc(OCC(=O)O)c(C)c1)=C(c1ccc(-c2cccc(C(F)(F)F)c2)cc1)c1ccc(-c2cccc(C(F)(F)F)c2)cc1. The van der Waals surface area contributed by atoms with Crippen LogP contribution >= 0.6 is 11.8 Å². The maximum absolute atomic E-state index is 13.4. The Morgan fingerprint density at radius 1 is 0.680 bits per heavy atom. The predicted octanol–water partition coefficient (Wildman–Crippen LogP) is 11.8. The van der Waals surface area contributed by atoms with Crippen LogP contribution in [0.1, 0.15) is 41.2 Å². The number of aliphatic carboxylic acids is 1. The highest BCUT2D eigenvalue weighted by atomic mass is 32.2. The summed E-state index contributed by atoms with van der Waals surface area (Å²) in [7, 11) is 0. The van der Waals surface area contributed by atoms with Crippen molar-refractivity contribution in [2.45, 2.75) is 37.5 Å². The summed E-state index contributed by atoms with van der Waals surface area (Å²) >= 11 is 1.58. The van der Waals surface area contributed by atoms with Crippen molar-refractivity contribution in [1.82, 2.24) is 0 Å². The Morgan fingerprint density at radius 2 is 1.18 bits per heavy atom. The van der Waals surface area contributed by atoms with Crippen molar-refractivity contribution in [1.29, 1.82) is 0 Å². The summed E-state index contributed by atoms with van der Waals surface area (Å²) in [6.45, 7) is 3.41. The van der Waals surface area contributed by atoms with E-state index in [9.17, 15) is 31.1 Å². The molecule has 5 aromatic rings. The van der Waals surface area contributed by atoms with Crippen LogP contribution in [-0.2, 0) is 17.1 Å². The lowest BCUT2D eigenvalue weighted by Gasteiger charge is -2.18. The molecular formula is C40H32F6O3S. The second-order valence-electron chi connectivity index (χ2n) is 11.5. The molecular weight excluding hydrogens is 674 g/mol. The number of aryl methyl sites for hydroxylation is 1. The normalized spacial score (nSPS) is 11.7. The third kappa shape index (κ3) is 8.98. The highest BCUT2D eigenvalue weighted by molar-refractivity contribution is 7.99. The molecule has 0 unspecified atom stereocenters. The lowest BCUT2D eigenvalue weighted by atomic mass is 9.90. The molecule has 0 aliphatic carbocycles. The fourth-order valence-corrected chi connectivity index (χ4v) is 6.63. The molecule has 50 heavy (non-hydrogen) atoms. The number of benzene rings is 5. The summed E-state index contributed by atoms with van der Waals surface area (Å²) < 4.78 is 85.7. The molecule has 0 atom stereocenters. The number of carboxylic acid groups (broad SMARTS) is 1. The first-order valence-electron chi connectivity index (χ1n) is 15.6. The lowest BCUT2D eigenvalue weighted by Crippen LogP contribution is -2.10. The number of hydrogen-bond acceptors (Lipinski definition) is 3. The van der Waals surface area contributed by atoms with E-state index in [0.717, 1.165) is 57.0 Å². The Balaban J connectivity index is 1.51. The van der Waals surface area contributed by atoms with E-state index in [2.05, 4.69) is 0 Å². The zero-order chi connectivity index (χ0) is 36.1. The van der Waals surface area contributed by atoms with E-state index in [1.807, 2.05) is 50.2 Å². The van der Waals surface area contributed by atoms with Gasteiger partial charge in [0.1, 0.15) is 5.75 Å². The van der Waals surface area contributed by atoms with Gasteiger partial charge < -0.3 is 9.84 Å². The Hall–Kier alpha value is -4.96. The molecule has 0 radical (unpaired) electrons. The van der Waals surface area contributed by atoms with Gasteiger partial charge in [0, 0.05) is 10.6 Å². The van der Waals surface area contributed by atoms with Crippen LogP contribution in [0, 0.1) is 6.92 Å². The third-order valence-electron chi connectivity index (χ3n) is 8.08. The molecule has 10 heteroatoms. The maximum Gasteiger partial charge on any atom is 0.416 e. The van der Waals surface area contributed by atoms with Crippen LogP contribution in [0.25, 0.3) is 27.8 Å². The molecule has 0 amide bonds. The first-order valence-corrected chi connectivity index (χ1v) is 16.6. The average Bonchev–Trinajstić information content (AvgIpc) is 3.09. The molecule has 0 aliphatic rings. The summed E-state index contributed by atoms with van der Waals surface area (Å²) in [5, 5.41) is 8.94. The highest BCUT2D eigenvalue weighted by Gasteiger charge is 2.31. The van der Waals surface area contributed by atoms with E-state index in [1.54, 1.807) is 54.2 Å². The van der Waals surface area contributed by atoms with Crippen LogP contribution in [-0.4, -0.2) is 23.4 Å². The maximum atomic E-state index is 13.4. The molecule has 0 aromatic heterocycles. The second-order valence-corrected chi connectivity index (χ2v) is 12.6. The summed E-state index contributed by atoms with van der Waals surface area (Å²) in [4.78, 5) is 11.9. The summed E-state index contributed by atoms with van der Waals surface area (Å²) in [6.07, 6.45) is -8.28. The Morgan fingerprint density at radius 3 is 1.60 bits per heavy atom. The van der Waals surface area contributed by atoms with Crippen molar-refractivity contribution >= 4 is 23.3 Å². The van der Waals surface area contributed by atoms with Gasteiger partial charge in [0.15, 0.2) is 6.61 Å². The van der Waals surface area contributed by atoms with E-state index in [4.69, 9.17) is 9.84 Å². The average molecular weight is 707 g/mol. The number of alkyl halides is 6. The number of rotatable bonds is 11. The molecule has 5 rings (SSSR count). The topological polar surface area (TPSA) is 46.5 Å². The minimum Gasteiger partial charge on any atom is -0.482 e. The van der Waals surface area contributed by atoms with Crippen molar-refractivity contribution in [3.05, 3.63) is 149 Å². The van der Waals surface area contributed by atoms with Gasteiger partial charge in [-0.3, -0.25) is 0 Å². The number of thioether (sulfide) groups is 1. The molecule has 0 heterocycles. The molecule has 0 spiro atoms. The first-order chi connectivity index (χ1) is 23.7. The quantitative estimate of drug-likeness (QED) is 0.110. The van der Waals surface area contributed by atoms with Crippen LogP contribution in [0.2, 0.25) is 0 Å². The summed E-state index contributed by atoms with van der Waals surface area (Å²) in [5.41, 5.74) is 5.05. The minimum absolute atomic E-state index is 0.430. The standard InChI is InChI=1S/C40H32F6O3S/c1-3-26(24-50-35-18-19-36(25(2)20-35)49-23-37(47)48)38(29-14-10-27(11-15-29)31-6-4-8-33(21-31)39(41,42)43)30-16-12-28(13-17-30)32-7-5-9-34(22-32)40(44,45)46/h4-22H,3,23-24H2,1-2H3,(H,47,48). The van der Waals surface area contributed by atoms with Gasteiger partial charge in [-0.2, -0.15) is 26.3 Å². The Kier molecular flexibility index (Phi) is 11.1. The van der Waals surface area contributed by atoms with Gasteiger partial charge in [0.25, 0.3) is 0 Å². The highest BCUT2D eigenvalue weighted by Crippen LogP contribution is 2.37. The summed E-state index contributed by atoms with van der Waals surface area (Å²) in [6, 6.07) is 30.4. The van der Waals surface area contributed by atoms with E-state index in [0.29, 0.717) is 40.2 Å². The molecule has 0 fully saturated rings. The molecule has 0 aliphatic heterocycles. The Labute approximate surface area is 290 Å². The first kappa shape index (κ1) is 36.3. The number of hydrogen-bond donors (Lipinski definition) is 1. The smallest absolute Gasteiger partial charge is 0.416 e. The van der Waals surface area contributed by atoms with Crippen LogP contribution in [0.15, 0.2) is 126 Å². The van der Waals surface area contributed by atoms with Gasteiger partial charge in [-0.1, -0.05) is 85.3 Å². The fourth-order valence-electron chi connectivity index (χ4n) is 5.52. The van der Waals surface area contributed by atoms with E-state index in [1.165, 1.54) is 12.1 Å². The largest absolute Gasteiger partial charge is 0.482 e. The van der Waals surface area contributed by atoms with Gasteiger partial charge in [-0.15, -0.1) is 11.8 Å². The minimum atomic E-state index is -4.47. The molecule has 0 saturated carbocycles. The van der Waals surface area contributed by atoms with Gasteiger partial charge in [0.05, 0.1) is 11.1 Å². The van der Waals surface area contributed by atoms with Gasteiger partial charge in [-0.25, -0.2) is 4.79 Å². The van der Waals surface area contributed by atoms with Crippen molar-refractivity contribution in [2.75, 3.05) is 12.4 Å². The predicted molar refractivity (Wildman–Crippen MR) is 185 cm³/mol. The zero-order valence-electron chi connectivity index (χ0n) is 27.0. The van der Waals surface area contributed by atoms with Gasteiger partial charge >= 0.3 is 18.3 Å². The van der Waals surface area contributed by atoms with E-state index in [-0.39, 0.29) is 0 Å². The van der Waals surface area contributed by atoms with Gasteiger partial charge in [-0.05, 0) is 100 Å². The molecule has 0 bridgehead atoms. The molecule has 5 aromatic carbocycles.